The molecule has 3 rings (SSSR count). The minimum absolute atomic E-state index is 0.0910. The Balaban J connectivity index is 1.57. The fourth-order valence-corrected chi connectivity index (χ4v) is 5.64. The molecule has 1 atom stereocenters. The van der Waals surface area contributed by atoms with Gasteiger partial charge in [-0.1, -0.05) is 37.6 Å². The maximum Gasteiger partial charge on any atom is 0.251 e. The minimum atomic E-state index is -3.46. The highest BCUT2D eigenvalue weighted by Gasteiger charge is 2.21. The Morgan fingerprint density at radius 1 is 1.12 bits per heavy atom. The lowest BCUT2D eigenvalue weighted by atomic mass is 10.00. The fraction of sp³-hybridized carbons (Fsp3) is 0.519. The second-order valence-electron chi connectivity index (χ2n) is 9.46. The van der Waals surface area contributed by atoms with E-state index in [0.717, 1.165) is 29.7 Å². The molecule has 0 aliphatic carbocycles. The van der Waals surface area contributed by atoms with Gasteiger partial charge in [-0.3, -0.25) is 9.10 Å². The summed E-state index contributed by atoms with van der Waals surface area (Å²) in [6.45, 7) is 9.19. The number of benzene rings is 2. The van der Waals surface area contributed by atoms with Crippen LogP contribution in [0.3, 0.4) is 0 Å². The molecule has 1 fully saturated rings. The van der Waals surface area contributed by atoms with Crippen LogP contribution in [0, 0.1) is 13.8 Å². The van der Waals surface area contributed by atoms with Gasteiger partial charge < -0.3 is 10.2 Å². The van der Waals surface area contributed by atoms with Crippen molar-refractivity contribution in [2.24, 2.45) is 0 Å². The number of hydrogen-bond acceptors (Lipinski definition) is 4. The van der Waals surface area contributed by atoms with Gasteiger partial charge in [0.1, 0.15) is 0 Å². The topological polar surface area (TPSA) is 69.7 Å². The molecule has 1 saturated heterocycles. The maximum atomic E-state index is 12.6. The van der Waals surface area contributed by atoms with Crippen LogP contribution in [0.5, 0.6) is 0 Å². The van der Waals surface area contributed by atoms with E-state index in [1.54, 1.807) is 12.1 Å². The molecular weight excluding hydrogens is 446 g/mol. The first-order valence-corrected chi connectivity index (χ1v) is 14.2. The molecule has 34 heavy (non-hydrogen) atoms. The Labute approximate surface area is 205 Å². The molecule has 1 heterocycles. The summed E-state index contributed by atoms with van der Waals surface area (Å²) in [5, 5.41) is 3.02. The Morgan fingerprint density at radius 2 is 1.85 bits per heavy atom. The first-order valence-electron chi connectivity index (χ1n) is 12.3. The summed E-state index contributed by atoms with van der Waals surface area (Å²) in [6, 6.07) is 13.7. The molecule has 1 N–H and O–H groups in total. The van der Waals surface area contributed by atoms with Crippen molar-refractivity contribution in [1.82, 2.24) is 10.2 Å². The van der Waals surface area contributed by atoms with Gasteiger partial charge in [-0.2, -0.15) is 0 Å². The number of piperidine rings is 1. The lowest BCUT2D eigenvalue weighted by molar-refractivity contribution is 0.0947. The largest absolute Gasteiger partial charge is 0.352 e. The number of hydrogen-bond donors (Lipinski definition) is 1. The average molecular weight is 486 g/mol. The number of rotatable bonds is 10. The number of carbonyl (C=O) groups is 1. The second kappa shape index (κ2) is 11.8. The van der Waals surface area contributed by atoms with E-state index in [-0.39, 0.29) is 12.5 Å². The molecule has 0 saturated carbocycles. The molecule has 1 amide bonds. The third kappa shape index (κ3) is 7.06. The summed E-state index contributed by atoms with van der Waals surface area (Å²) >= 11 is 0. The summed E-state index contributed by atoms with van der Waals surface area (Å²) in [7, 11) is -3.46. The normalized spacial score (nSPS) is 16.9. The van der Waals surface area contributed by atoms with E-state index in [4.69, 9.17) is 0 Å². The summed E-state index contributed by atoms with van der Waals surface area (Å²) in [6.07, 6.45) is 7.25. The van der Waals surface area contributed by atoms with Gasteiger partial charge >= 0.3 is 0 Å². The lowest BCUT2D eigenvalue weighted by Crippen LogP contribution is -2.40. The number of likely N-dealkylation sites (tertiary alicyclic amines) is 1. The van der Waals surface area contributed by atoms with E-state index in [9.17, 15) is 13.2 Å². The third-order valence-electron chi connectivity index (χ3n) is 6.70. The number of aryl methyl sites for hydroxylation is 2. The SMILES string of the molecule is CC[C@H]1CCCCN1CCCNC(=O)c1ccc(CN(c2cc(C)ccc2C)S(C)(=O)=O)cc1. The van der Waals surface area contributed by atoms with Crippen LogP contribution >= 0.6 is 0 Å². The van der Waals surface area contributed by atoms with Crippen LogP contribution in [0.25, 0.3) is 0 Å². The summed E-state index contributed by atoms with van der Waals surface area (Å²) in [4.78, 5) is 15.1. The van der Waals surface area contributed by atoms with Crippen molar-refractivity contribution in [2.75, 3.05) is 30.2 Å². The van der Waals surface area contributed by atoms with Crippen LogP contribution < -0.4 is 9.62 Å². The summed E-state index contributed by atoms with van der Waals surface area (Å²) in [5.74, 6) is -0.0910. The first-order chi connectivity index (χ1) is 16.2. The van der Waals surface area contributed by atoms with Crippen molar-refractivity contribution in [2.45, 2.75) is 65.5 Å². The zero-order chi connectivity index (χ0) is 24.7. The van der Waals surface area contributed by atoms with Crippen LogP contribution in [-0.4, -0.2) is 51.2 Å². The van der Waals surface area contributed by atoms with Crippen LogP contribution in [-0.2, 0) is 16.6 Å². The lowest BCUT2D eigenvalue weighted by Gasteiger charge is -2.35. The van der Waals surface area contributed by atoms with E-state index in [1.807, 2.05) is 44.2 Å². The van der Waals surface area contributed by atoms with Gasteiger partial charge in [-0.15, -0.1) is 0 Å². The van der Waals surface area contributed by atoms with Gasteiger partial charge in [0.2, 0.25) is 10.0 Å². The predicted molar refractivity (Wildman–Crippen MR) is 140 cm³/mol. The van der Waals surface area contributed by atoms with Crippen LogP contribution in [0.1, 0.15) is 66.1 Å². The molecule has 0 radical (unpaired) electrons. The molecule has 6 nitrogen and oxygen atoms in total. The van der Waals surface area contributed by atoms with Gasteiger partial charge in [-0.25, -0.2) is 8.42 Å². The highest BCUT2D eigenvalue weighted by molar-refractivity contribution is 7.92. The van der Waals surface area contributed by atoms with Crippen LogP contribution in [0.4, 0.5) is 5.69 Å². The smallest absolute Gasteiger partial charge is 0.251 e. The molecular formula is C27H39N3O3S. The van der Waals surface area contributed by atoms with Crippen molar-refractivity contribution in [1.29, 1.82) is 0 Å². The van der Waals surface area contributed by atoms with Crippen molar-refractivity contribution in [3.8, 4) is 0 Å². The summed E-state index contributed by atoms with van der Waals surface area (Å²) in [5.41, 5.74) is 4.02. The van der Waals surface area contributed by atoms with Crippen LogP contribution in [0.15, 0.2) is 42.5 Å². The highest BCUT2D eigenvalue weighted by atomic mass is 32.2. The Hall–Kier alpha value is -2.38. The van der Waals surface area contributed by atoms with E-state index >= 15 is 0 Å². The molecule has 2 aromatic rings. The highest BCUT2D eigenvalue weighted by Crippen LogP contribution is 2.26. The van der Waals surface area contributed by atoms with Gasteiger partial charge in [-0.05, 0) is 81.0 Å². The fourth-order valence-electron chi connectivity index (χ4n) is 4.70. The molecule has 2 aromatic carbocycles. The minimum Gasteiger partial charge on any atom is -0.352 e. The molecule has 0 bridgehead atoms. The monoisotopic (exact) mass is 485 g/mol. The number of amides is 1. The van der Waals surface area contributed by atoms with Crippen molar-refractivity contribution >= 4 is 21.6 Å². The quantitative estimate of drug-likeness (QED) is 0.497. The number of carbonyl (C=O) groups excluding carboxylic acids is 1. The molecule has 186 valence electrons. The third-order valence-corrected chi connectivity index (χ3v) is 7.83. The van der Waals surface area contributed by atoms with Crippen molar-refractivity contribution < 1.29 is 13.2 Å². The van der Waals surface area contributed by atoms with E-state index < -0.39 is 10.0 Å². The maximum absolute atomic E-state index is 12.6. The molecule has 0 spiro atoms. The molecule has 1 aliphatic heterocycles. The average Bonchev–Trinajstić information content (AvgIpc) is 2.81. The first kappa shape index (κ1) is 26.2. The van der Waals surface area contributed by atoms with Crippen molar-refractivity contribution in [3.05, 3.63) is 64.7 Å². The predicted octanol–water partition coefficient (Wildman–Crippen LogP) is 4.65. The number of nitrogens with one attached hydrogen (secondary N) is 1. The van der Waals surface area contributed by atoms with Gasteiger partial charge in [0.25, 0.3) is 5.91 Å². The molecule has 7 heteroatoms. The Kier molecular flexibility index (Phi) is 9.14. The molecule has 1 aliphatic rings. The summed E-state index contributed by atoms with van der Waals surface area (Å²) < 4.78 is 26.5. The molecule has 0 aromatic heterocycles. The number of sulfonamides is 1. The molecule has 0 unspecified atom stereocenters. The Morgan fingerprint density at radius 3 is 2.53 bits per heavy atom. The van der Waals surface area contributed by atoms with Crippen LogP contribution in [0.2, 0.25) is 0 Å². The van der Waals surface area contributed by atoms with E-state index in [0.29, 0.717) is 23.8 Å². The van der Waals surface area contributed by atoms with Gasteiger partial charge in [0, 0.05) is 24.7 Å². The van der Waals surface area contributed by atoms with Gasteiger partial charge in [0.15, 0.2) is 0 Å². The zero-order valence-corrected chi connectivity index (χ0v) is 21.8. The second-order valence-corrected chi connectivity index (χ2v) is 11.4. The van der Waals surface area contributed by atoms with E-state index in [1.165, 1.54) is 42.8 Å². The Bertz CT molecular complexity index is 1070. The zero-order valence-electron chi connectivity index (χ0n) is 21.0. The van der Waals surface area contributed by atoms with Gasteiger partial charge in [0.05, 0.1) is 18.5 Å². The van der Waals surface area contributed by atoms with E-state index in [2.05, 4.69) is 17.1 Å². The van der Waals surface area contributed by atoms with Crippen molar-refractivity contribution in [3.63, 3.8) is 0 Å². The number of anilines is 1. The standard InChI is InChI=1S/C27H39N3O3S/c1-5-25-9-6-7-17-29(25)18-8-16-28-27(31)24-14-12-23(13-15-24)20-30(34(4,32)33)26-19-21(2)10-11-22(26)3/h10-15,19,25H,5-9,16-18,20H2,1-4H3,(H,28,31)/t25-/m0/s1. The number of nitrogens with zero attached hydrogens (tertiary/aromatic N) is 2.